The van der Waals surface area contributed by atoms with Crippen molar-refractivity contribution in [3.8, 4) is 11.1 Å². The van der Waals surface area contributed by atoms with E-state index in [-0.39, 0.29) is 23.1 Å². The molecule has 1 aliphatic heterocycles. The van der Waals surface area contributed by atoms with Gasteiger partial charge in [-0.25, -0.2) is 19.2 Å². The number of H-pyrrole nitrogens is 1. The molecule has 1 aliphatic rings. The number of carbonyl (C=O) groups is 1. The van der Waals surface area contributed by atoms with Crippen LogP contribution in [0.15, 0.2) is 41.6 Å². The molecule has 11 nitrogen and oxygen atoms in total. The molecule has 5 aromatic rings. The predicted octanol–water partition coefficient (Wildman–Crippen LogP) is 3.27. The first kappa shape index (κ1) is 26.7. The van der Waals surface area contributed by atoms with Crippen LogP contribution < -0.4 is 15.6 Å². The molecule has 41 heavy (non-hydrogen) atoms. The van der Waals surface area contributed by atoms with Crippen LogP contribution in [-0.4, -0.2) is 89.0 Å². The van der Waals surface area contributed by atoms with Crippen LogP contribution in [0.25, 0.3) is 44.1 Å². The first-order valence-electron chi connectivity index (χ1n) is 13.1. The minimum atomic E-state index is -1.31. The number of nitrogens with one attached hydrogen (secondary N) is 2. The Bertz CT molecular complexity index is 1920. The molecule has 1 saturated heterocycles. The summed E-state index contributed by atoms with van der Waals surface area (Å²) in [5.74, 6) is -1.70. The first-order chi connectivity index (χ1) is 19.6. The molecule has 0 amide bonds. The van der Waals surface area contributed by atoms with Crippen molar-refractivity contribution < 1.29 is 19.0 Å². The van der Waals surface area contributed by atoms with E-state index in [0.29, 0.717) is 46.6 Å². The Kier molecular flexibility index (Phi) is 6.39. The highest BCUT2D eigenvalue weighted by Crippen LogP contribution is 2.43. The number of fused-ring (bicyclic) bond motifs is 4. The molecule has 212 valence electrons. The summed E-state index contributed by atoms with van der Waals surface area (Å²) in [6, 6.07) is 4.67. The van der Waals surface area contributed by atoms with Gasteiger partial charge in [-0.05, 0) is 32.3 Å². The number of benzene rings is 1. The summed E-state index contributed by atoms with van der Waals surface area (Å²) in [6.07, 6.45) is 4.54. The van der Waals surface area contributed by atoms with Crippen molar-refractivity contribution in [3.63, 3.8) is 0 Å². The maximum Gasteiger partial charge on any atom is 0.341 e. The summed E-state index contributed by atoms with van der Waals surface area (Å²) in [6.45, 7) is 1.20. The van der Waals surface area contributed by atoms with Gasteiger partial charge in [-0.3, -0.25) is 4.79 Å². The third kappa shape index (κ3) is 4.18. The number of aromatic nitrogens is 4. The molecule has 0 unspecified atom stereocenters. The summed E-state index contributed by atoms with van der Waals surface area (Å²) >= 11 is 0. The Morgan fingerprint density at radius 2 is 1.98 bits per heavy atom. The van der Waals surface area contributed by atoms with Gasteiger partial charge in [0.2, 0.25) is 5.43 Å². The molecule has 5 heterocycles. The van der Waals surface area contributed by atoms with Gasteiger partial charge in [0.1, 0.15) is 22.7 Å². The van der Waals surface area contributed by atoms with E-state index in [0.717, 1.165) is 16.6 Å². The molecule has 2 atom stereocenters. The number of hydrogen-bond acceptors (Lipinski definition) is 8. The Morgan fingerprint density at radius 1 is 1.20 bits per heavy atom. The van der Waals surface area contributed by atoms with Crippen LogP contribution in [0, 0.1) is 5.82 Å². The number of nitrogens with zero attached hydrogens (tertiary/aromatic N) is 5. The van der Waals surface area contributed by atoms with Crippen LogP contribution in [0.4, 0.5) is 15.8 Å². The number of methoxy groups -OCH3 is 1. The molecule has 0 aliphatic carbocycles. The number of aryl methyl sites for hydroxylation is 1. The van der Waals surface area contributed by atoms with Crippen molar-refractivity contribution in [2.24, 2.45) is 7.05 Å². The zero-order valence-corrected chi connectivity index (χ0v) is 23.3. The van der Waals surface area contributed by atoms with Crippen LogP contribution in [0.2, 0.25) is 0 Å². The van der Waals surface area contributed by atoms with E-state index in [1.807, 2.05) is 14.1 Å². The summed E-state index contributed by atoms with van der Waals surface area (Å²) in [4.78, 5) is 41.9. The smallest absolute Gasteiger partial charge is 0.341 e. The number of aromatic carboxylic acids is 1. The Balaban J connectivity index is 1.68. The lowest BCUT2D eigenvalue weighted by Crippen LogP contribution is -2.39. The van der Waals surface area contributed by atoms with E-state index in [1.54, 1.807) is 39.7 Å². The monoisotopic (exact) mass is 559 g/mol. The zero-order valence-electron chi connectivity index (χ0n) is 23.3. The number of halogens is 1. The van der Waals surface area contributed by atoms with Crippen LogP contribution >= 0.6 is 0 Å². The van der Waals surface area contributed by atoms with Crippen LogP contribution in [-0.2, 0) is 11.8 Å². The van der Waals surface area contributed by atoms with E-state index >= 15 is 0 Å². The van der Waals surface area contributed by atoms with Crippen molar-refractivity contribution in [3.05, 3.63) is 58.4 Å². The first-order valence-corrected chi connectivity index (χ1v) is 13.1. The fourth-order valence-electron chi connectivity index (χ4n) is 5.98. The van der Waals surface area contributed by atoms with Crippen molar-refractivity contribution >= 4 is 50.3 Å². The molecule has 0 bridgehead atoms. The van der Waals surface area contributed by atoms with Gasteiger partial charge in [0.05, 0.1) is 39.8 Å². The SMILES string of the molecule is CNc1cc(F)cc2c1[nH]c1ncc(-c3cnc4c(c3)c(=O)c(C(=O)O)cn4C)c(N3C[C@H](OC)[C@@H](N(C)C)C3)c12. The largest absolute Gasteiger partial charge is 0.477 e. The quantitative estimate of drug-likeness (QED) is 0.287. The normalized spacial score (nSPS) is 17.4. The summed E-state index contributed by atoms with van der Waals surface area (Å²) in [5, 5.41) is 14.2. The number of carboxylic acids is 1. The number of rotatable bonds is 6. The van der Waals surface area contributed by atoms with Crippen molar-refractivity contribution in [1.82, 2.24) is 24.4 Å². The second-order valence-electron chi connectivity index (χ2n) is 10.6. The van der Waals surface area contributed by atoms with Crippen LogP contribution in [0.3, 0.4) is 0 Å². The average molecular weight is 560 g/mol. The molecule has 0 spiro atoms. The molecule has 3 N–H and O–H groups in total. The number of pyridine rings is 3. The predicted molar refractivity (Wildman–Crippen MR) is 157 cm³/mol. The maximum atomic E-state index is 14.9. The number of carboxylic acid groups (broad SMARTS) is 1. The average Bonchev–Trinajstić information content (AvgIpc) is 3.55. The molecule has 1 fully saturated rings. The van der Waals surface area contributed by atoms with Gasteiger partial charge in [0.25, 0.3) is 0 Å². The second kappa shape index (κ2) is 9.82. The van der Waals surface area contributed by atoms with Crippen molar-refractivity contribution in [2.75, 3.05) is 51.6 Å². The van der Waals surface area contributed by atoms with E-state index in [1.165, 1.54) is 22.9 Å². The third-order valence-corrected chi connectivity index (χ3v) is 8.01. The van der Waals surface area contributed by atoms with E-state index in [4.69, 9.17) is 9.72 Å². The van der Waals surface area contributed by atoms with Gasteiger partial charge in [0.15, 0.2) is 0 Å². The maximum absolute atomic E-state index is 14.9. The number of likely N-dealkylation sites (N-methyl/N-ethyl adjacent to an activating group) is 1. The Hall–Kier alpha value is -4.55. The summed E-state index contributed by atoms with van der Waals surface area (Å²) < 4.78 is 22.2. The number of aromatic amines is 1. The van der Waals surface area contributed by atoms with E-state index in [2.05, 4.69) is 25.1 Å². The lowest BCUT2D eigenvalue weighted by molar-refractivity contribution is 0.0639. The molecule has 4 aromatic heterocycles. The highest BCUT2D eigenvalue weighted by molar-refractivity contribution is 6.18. The van der Waals surface area contributed by atoms with E-state index in [9.17, 15) is 19.1 Å². The highest BCUT2D eigenvalue weighted by Gasteiger charge is 2.37. The van der Waals surface area contributed by atoms with E-state index < -0.39 is 17.2 Å². The van der Waals surface area contributed by atoms with Crippen LogP contribution in [0.5, 0.6) is 0 Å². The lowest BCUT2D eigenvalue weighted by atomic mass is 10.0. The number of anilines is 2. The summed E-state index contributed by atoms with van der Waals surface area (Å²) in [7, 11) is 9.09. The second-order valence-corrected chi connectivity index (χ2v) is 10.6. The third-order valence-electron chi connectivity index (χ3n) is 8.01. The fraction of sp³-hybridized carbons (Fsp3) is 0.310. The molecule has 12 heteroatoms. The van der Waals surface area contributed by atoms with Gasteiger partial charge in [0, 0.05) is 69.4 Å². The topological polar surface area (TPSA) is 129 Å². The van der Waals surface area contributed by atoms with Crippen molar-refractivity contribution in [1.29, 1.82) is 0 Å². The molecular formula is C29H30FN7O4. The van der Waals surface area contributed by atoms with Gasteiger partial charge in [-0.1, -0.05) is 0 Å². The molecule has 0 radical (unpaired) electrons. The van der Waals surface area contributed by atoms with Gasteiger partial charge in [-0.15, -0.1) is 0 Å². The van der Waals surface area contributed by atoms with Crippen LogP contribution in [0.1, 0.15) is 10.4 Å². The standard InChI is InChI=1S/C29H30FN7O4/c1-31-20-8-15(30)7-16-23-25(37-12-21(35(2)3)22(13-37)41-5)18(10-32-27(23)34-24(16)20)14-6-17-26(38)19(29(39)40)11-36(4)28(17)33-9-14/h6-11,21-22,31H,12-13H2,1-5H3,(H,32,34)(H,39,40)/t21-,22-/m0/s1. The molecule has 1 aromatic carbocycles. The Morgan fingerprint density at radius 3 is 2.63 bits per heavy atom. The number of hydrogen-bond donors (Lipinski definition) is 3. The summed E-state index contributed by atoms with van der Waals surface area (Å²) in [5.41, 5.74) is 3.38. The Labute approximate surface area is 234 Å². The number of ether oxygens (including phenoxy) is 1. The highest BCUT2D eigenvalue weighted by atomic mass is 19.1. The minimum Gasteiger partial charge on any atom is -0.477 e. The van der Waals surface area contributed by atoms with Gasteiger partial charge >= 0.3 is 5.97 Å². The molecule has 6 rings (SSSR count). The van der Waals surface area contributed by atoms with Gasteiger partial charge in [-0.2, -0.15) is 0 Å². The van der Waals surface area contributed by atoms with Crippen molar-refractivity contribution in [2.45, 2.75) is 12.1 Å². The zero-order chi connectivity index (χ0) is 29.2. The molecule has 0 saturated carbocycles. The van der Waals surface area contributed by atoms with Gasteiger partial charge < -0.3 is 34.5 Å². The lowest BCUT2D eigenvalue weighted by Gasteiger charge is -2.25. The molecular weight excluding hydrogens is 529 g/mol. The fourth-order valence-corrected chi connectivity index (χ4v) is 5.98. The minimum absolute atomic E-state index is 0.0870.